The van der Waals surface area contributed by atoms with E-state index >= 15 is 0 Å². The lowest BCUT2D eigenvalue weighted by Gasteiger charge is -2.23. The van der Waals surface area contributed by atoms with E-state index in [4.69, 9.17) is 11.6 Å². The standard InChI is InChI=1S/C20H18ClFN4O3S2/c1-12-15(21)4-2-6-17(12)31(28,29)26-11-3-5-16(26)19-24-25-20(30-19)18(27)23-14-9-7-13(22)8-10-14/h2,4,6-10,16H,3,5,11H2,1H3,(H,23,27). The molecule has 31 heavy (non-hydrogen) atoms. The Morgan fingerprint density at radius 3 is 2.71 bits per heavy atom. The van der Waals surface area contributed by atoms with Crippen molar-refractivity contribution in [1.29, 1.82) is 0 Å². The van der Waals surface area contributed by atoms with Crippen LogP contribution in [0.1, 0.15) is 39.3 Å². The number of halogens is 2. The molecule has 0 aliphatic carbocycles. The number of nitrogens with zero attached hydrogens (tertiary/aromatic N) is 3. The van der Waals surface area contributed by atoms with Crippen LogP contribution in [0.2, 0.25) is 5.02 Å². The van der Waals surface area contributed by atoms with E-state index in [2.05, 4.69) is 15.5 Å². The van der Waals surface area contributed by atoms with E-state index in [1.54, 1.807) is 19.1 Å². The number of hydrogen-bond donors (Lipinski definition) is 1. The van der Waals surface area contributed by atoms with Crippen LogP contribution in [0.4, 0.5) is 10.1 Å². The molecule has 1 aromatic heterocycles. The Hall–Kier alpha value is -2.40. The first kappa shape index (κ1) is 21.8. The molecule has 11 heteroatoms. The summed E-state index contributed by atoms with van der Waals surface area (Å²) in [6.45, 7) is 2.01. The van der Waals surface area contributed by atoms with Crippen LogP contribution in [0, 0.1) is 12.7 Å². The van der Waals surface area contributed by atoms with Crippen molar-refractivity contribution in [2.45, 2.75) is 30.7 Å². The van der Waals surface area contributed by atoms with E-state index < -0.39 is 27.8 Å². The predicted octanol–water partition coefficient (Wildman–Crippen LogP) is 4.42. The van der Waals surface area contributed by atoms with Crippen molar-refractivity contribution in [2.24, 2.45) is 0 Å². The number of benzene rings is 2. The Kier molecular flexibility index (Phi) is 6.07. The molecule has 1 amide bonds. The van der Waals surface area contributed by atoms with E-state index in [1.807, 2.05) is 0 Å². The highest BCUT2D eigenvalue weighted by atomic mass is 35.5. The van der Waals surface area contributed by atoms with Gasteiger partial charge in [-0.25, -0.2) is 12.8 Å². The van der Waals surface area contributed by atoms with Crippen LogP contribution >= 0.6 is 22.9 Å². The third-order valence-electron chi connectivity index (χ3n) is 5.03. The lowest BCUT2D eigenvalue weighted by atomic mass is 10.2. The van der Waals surface area contributed by atoms with Gasteiger partial charge in [-0.1, -0.05) is 29.0 Å². The maximum Gasteiger partial charge on any atom is 0.286 e. The second kappa shape index (κ2) is 8.62. The Bertz CT molecular complexity index is 1230. The number of amides is 1. The number of rotatable bonds is 5. The van der Waals surface area contributed by atoms with Crippen molar-refractivity contribution < 1.29 is 17.6 Å². The molecule has 1 atom stereocenters. The summed E-state index contributed by atoms with van der Waals surface area (Å²) >= 11 is 7.17. The van der Waals surface area contributed by atoms with Gasteiger partial charge >= 0.3 is 0 Å². The van der Waals surface area contributed by atoms with E-state index in [9.17, 15) is 17.6 Å². The zero-order valence-electron chi connectivity index (χ0n) is 16.4. The predicted molar refractivity (Wildman–Crippen MR) is 116 cm³/mol. The van der Waals surface area contributed by atoms with E-state index in [1.165, 1.54) is 34.6 Å². The fourth-order valence-electron chi connectivity index (χ4n) is 3.45. The fourth-order valence-corrected chi connectivity index (χ4v) is 6.54. The summed E-state index contributed by atoms with van der Waals surface area (Å²) in [6.07, 6.45) is 1.24. The van der Waals surface area contributed by atoms with Crippen LogP contribution in [0.15, 0.2) is 47.4 Å². The third kappa shape index (κ3) is 4.33. The molecule has 1 N–H and O–H groups in total. The highest BCUT2D eigenvalue weighted by molar-refractivity contribution is 7.89. The number of carbonyl (C=O) groups excluding carboxylic acids is 1. The van der Waals surface area contributed by atoms with Crippen LogP contribution in [-0.4, -0.2) is 35.4 Å². The van der Waals surface area contributed by atoms with Crippen LogP contribution in [0.3, 0.4) is 0 Å². The number of aromatic nitrogens is 2. The molecule has 0 spiro atoms. The minimum Gasteiger partial charge on any atom is -0.320 e. The Morgan fingerprint density at radius 1 is 1.23 bits per heavy atom. The van der Waals surface area contributed by atoms with Gasteiger partial charge in [0.05, 0.1) is 10.9 Å². The van der Waals surface area contributed by atoms with Crippen molar-refractivity contribution in [3.05, 3.63) is 68.9 Å². The van der Waals surface area contributed by atoms with Gasteiger partial charge in [-0.3, -0.25) is 4.79 Å². The summed E-state index contributed by atoms with van der Waals surface area (Å²) in [7, 11) is -3.80. The molecule has 0 radical (unpaired) electrons. The topological polar surface area (TPSA) is 92.3 Å². The summed E-state index contributed by atoms with van der Waals surface area (Å²) in [5, 5.41) is 11.6. The molecular formula is C20H18ClFN4O3S2. The molecule has 2 heterocycles. The zero-order valence-corrected chi connectivity index (χ0v) is 18.8. The lowest BCUT2D eigenvalue weighted by Crippen LogP contribution is -2.31. The number of nitrogens with one attached hydrogen (secondary N) is 1. The van der Waals surface area contributed by atoms with Gasteiger partial charge in [-0.05, 0) is 61.7 Å². The van der Waals surface area contributed by atoms with E-state index in [0.29, 0.717) is 40.7 Å². The third-order valence-corrected chi connectivity index (χ3v) is 8.52. The minimum absolute atomic E-state index is 0.0995. The van der Waals surface area contributed by atoms with E-state index in [-0.39, 0.29) is 9.90 Å². The highest BCUT2D eigenvalue weighted by Crippen LogP contribution is 2.39. The lowest BCUT2D eigenvalue weighted by molar-refractivity contribution is 0.102. The van der Waals surface area contributed by atoms with Crippen LogP contribution in [-0.2, 0) is 10.0 Å². The number of anilines is 1. The number of hydrogen-bond acceptors (Lipinski definition) is 6. The molecule has 4 rings (SSSR count). The molecule has 7 nitrogen and oxygen atoms in total. The molecule has 0 saturated carbocycles. The van der Waals surface area contributed by atoms with Gasteiger partial charge in [0.2, 0.25) is 15.0 Å². The number of carbonyl (C=O) groups is 1. The van der Waals surface area contributed by atoms with Crippen LogP contribution in [0.5, 0.6) is 0 Å². The summed E-state index contributed by atoms with van der Waals surface area (Å²) in [6, 6.07) is 9.63. The van der Waals surface area contributed by atoms with Crippen LogP contribution in [0.25, 0.3) is 0 Å². The van der Waals surface area contributed by atoms with Crippen LogP contribution < -0.4 is 5.32 Å². The second-order valence-electron chi connectivity index (χ2n) is 7.04. The summed E-state index contributed by atoms with van der Waals surface area (Å²) < 4.78 is 41.1. The first-order valence-corrected chi connectivity index (χ1v) is 12.1. The van der Waals surface area contributed by atoms with Gasteiger partial charge in [0, 0.05) is 17.3 Å². The Balaban J connectivity index is 1.57. The maximum atomic E-state index is 13.3. The quantitative estimate of drug-likeness (QED) is 0.583. The molecule has 2 aromatic carbocycles. The molecule has 1 aliphatic heterocycles. The van der Waals surface area contributed by atoms with Gasteiger partial charge in [0.15, 0.2) is 0 Å². The van der Waals surface area contributed by atoms with Gasteiger partial charge in [0.25, 0.3) is 5.91 Å². The first-order chi connectivity index (χ1) is 14.8. The molecule has 1 saturated heterocycles. The summed E-state index contributed by atoms with van der Waals surface area (Å²) in [4.78, 5) is 12.6. The number of sulfonamides is 1. The average Bonchev–Trinajstić information content (AvgIpc) is 3.41. The maximum absolute atomic E-state index is 13.3. The van der Waals surface area contributed by atoms with Crippen molar-refractivity contribution in [3.63, 3.8) is 0 Å². The SMILES string of the molecule is Cc1c(Cl)cccc1S(=O)(=O)N1CCCC1c1nnc(C(=O)Nc2ccc(F)cc2)s1. The first-order valence-electron chi connectivity index (χ1n) is 9.44. The molecular weight excluding hydrogens is 463 g/mol. The van der Waals surface area contributed by atoms with E-state index in [0.717, 1.165) is 11.3 Å². The normalized spacial score (nSPS) is 17.1. The molecule has 1 fully saturated rings. The average molecular weight is 481 g/mol. The van der Waals surface area contributed by atoms with Gasteiger partial charge in [0.1, 0.15) is 10.8 Å². The molecule has 1 unspecified atom stereocenters. The molecule has 3 aromatic rings. The summed E-state index contributed by atoms with van der Waals surface area (Å²) in [5.41, 5.74) is 0.913. The van der Waals surface area contributed by atoms with Gasteiger partial charge in [-0.15, -0.1) is 10.2 Å². The molecule has 1 aliphatic rings. The second-order valence-corrected chi connectivity index (χ2v) is 10.3. The van der Waals surface area contributed by atoms with Crippen molar-refractivity contribution in [3.8, 4) is 0 Å². The minimum atomic E-state index is -3.80. The fraction of sp³-hybridized carbons (Fsp3) is 0.250. The molecule has 162 valence electrons. The van der Waals surface area contributed by atoms with Crippen molar-refractivity contribution in [1.82, 2.24) is 14.5 Å². The Morgan fingerprint density at radius 2 is 1.97 bits per heavy atom. The highest BCUT2D eigenvalue weighted by Gasteiger charge is 2.39. The molecule has 0 bridgehead atoms. The smallest absolute Gasteiger partial charge is 0.286 e. The largest absolute Gasteiger partial charge is 0.320 e. The summed E-state index contributed by atoms with van der Waals surface area (Å²) in [5.74, 6) is -0.901. The van der Waals surface area contributed by atoms with Gasteiger partial charge in [-0.2, -0.15) is 4.31 Å². The van der Waals surface area contributed by atoms with Gasteiger partial charge < -0.3 is 5.32 Å². The van der Waals surface area contributed by atoms with Crippen molar-refractivity contribution >= 4 is 44.6 Å². The van der Waals surface area contributed by atoms with Crippen molar-refractivity contribution in [2.75, 3.05) is 11.9 Å². The monoisotopic (exact) mass is 480 g/mol. The Labute approximate surface area is 187 Å². The zero-order chi connectivity index (χ0) is 22.2.